The van der Waals surface area contributed by atoms with Crippen molar-refractivity contribution in [3.8, 4) is 5.75 Å². The second-order valence-corrected chi connectivity index (χ2v) is 4.46. The quantitative estimate of drug-likeness (QED) is 0.815. The highest BCUT2D eigenvalue weighted by molar-refractivity contribution is 5.19. The summed E-state index contributed by atoms with van der Waals surface area (Å²) in [5.41, 5.74) is 5.24. The molecule has 0 saturated carbocycles. The number of nitrogens with zero attached hydrogens (tertiary/aromatic N) is 2. The first-order valence-electron chi connectivity index (χ1n) is 6.43. The molecule has 1 heterocycles. The molecule has 2 N–H and O–H groups in total. The van der Waals surface area contributed by atoms with E-state index < -0.39 is 17.2 Å². The van der Waals surface area contributed by atoms with Gasteiger partial charge in [-0.1, -0.05) is 0 Å². The predicted octanol–water partition coefficient (Wildman–Crippen LogP) is 1.30. The molecule has 1 aromatic heterocycles. The molecule has 0 aliphatic heterocycles. The molecule has 0 saturated heterocycles. The van der Waals surface area contributed by atoms with Gasteiger partial charge in [0.2, 0.25) is 0 Å². The third-order valence-electron chi connectivity index (χ3n) is 2.72. The van der Waals surface area contributed by atoms with Crippen LogP contribution < -0.4 is 16.0 Å². The monoisotopic (exact) mass is 295 g/mol. The molecule has 5 nitrogen and oxygen atoms in total. The molecule has 2 rings (SSSR count). The first kappa shape index (κ1) is 15.1. The lowest BCUT2D eigenvalue weighted by atomic mass is 10.2. The highest BCUT2D eigenvalue weighted by Crippen LogP contribution is 2.09. The average molecular weight is 295 g/mol. The van der Waals surface area contributed by atoms with E-state index in [2.05, 4.69) is 5.10 Å². The molecule has 0 aliphatic carbocycles. The predicted molar refractivity (Wildman–Crippen MR) is 73.1 cm³/mol. The lowest BCUT2D eigenvalue weighted by Gasteiger charge is -2.08. The Morgan fingerprint density at radius 3 is 2.52 bits per heavy atom. The van der Waals surface area contributed by atoms with Crippen LogP contribution >= 0.6 is 0 Å². The summed E-state index contributed by atoms with van der Waals surface area (Å²) in [6.07, 6.45) is 2.05. The van der Waals surface area contributed by atoms with Crippen molar-refractivity contribution < 1.29 is 13.5 Å². The number of nitrogens with two attached hydrogens (primary N) is 1. The summed E-state index contributed by atoms with van der Waals surface area (Å²) in [7, 11) is 0. The van der Waals surface area contributed by atoms with Gasteiger partial charge in [0.05, 0.1) is 19.3 Å². The lowest BCUT2D eigenvalue weighted by molar-refractivity contribution is 0.309. The Labute approximate surface area is 120 Å². The Balaban J connectivity index is 2.12. The van der Waals surface area contributed by atoms with Crippen molar-refractivity contribution in [1.82, 2.24) is 9.78 Å². The summed E-state index contributed by atoms with van der Waals surface area (Å²) < 4.78 is 32.6. The normalized spacial score (nSPS) is 10.6. The Bertz CT molecular complexity index is 653. The molecule has 0 fully saturated rings. The summed E-state index contributed by atoms with van der Waals surface area (Å²) >= 11 is 0. The molecule has 0 bridgehead atoms. The largest absolute Gasteiger partial charge is 0.492 e. The number of rotatable bonds is 6. The first-order chi connectivity index (χ1) is 10.1. The number of halogens is 2. The highest BCUT2D eigenvalue weighted by atomic mass is 19.1. The molecule has 0 radical (unpaired) electrons. The number of aromatic nitrogens is 2. The van der Waals surface area contributed by atoms with Crippen LogP contribution in [0.4, 0.5) is 8.78 Å². The maximum absolute atomic E-state index is 13.1. The first-order valence-corrected chi connectivity index (χ1v) is 6.43. The molecular weight excluding hydrogens is 280 g/mol. The van der Waals surface area contributed by atoms with Crippen molar-refractivity contribution in [2.75, 3.05) is 13.2 Å². The van der Waals surface area contributed by atoms with E-state index in [1.54, 1.807) is 0 Å². The maximum atomic E-state index is 13.1. The molecule has 0 unspecified atom stereocenters. The van der Waals surface area contributed by atoms with Gasteiger partial charge in [-0.2, -0.15) is 5.10 Å². The van der Waals surface area contributed by atoms with Gasteiger partial charge in [0.15, 0.2) is 0 Å². The van der Waals surface area contributed by atoms with E-state index in [1.807, 2.05) is 0 Å². The van der Waals surface area contributed by atoms with Crippen LogP contribution in [0.1, 0.15) is 12.0 Å². The van der Waals surface area contributed by atoms with E-state index in [4.69, 9.17) is 10.5 Å². The van der Waals surface area contributed by atoms with E-state index in [1.165, 1.54) is 12.3 Å². The van der Waals surface area contributed by atoms with E-state index in [-0.39, 0.29) is 6.54 Å². The van der Waals surface area contributed by atoms with Gasteiger partial charge in [-0.3, -0.25) is 4.79 Å². The smallest absolute Gasteiger partial charge is 0.270 e. The highest BCUT2D eigenvalue weighted by Gasteiger charge is 2.05. The van der Waals surface area contributed by atoms with E-state index in [0.29, 0.717) is 30.9 Å². The van der Waals surface area contributed by atoms with Crippen LogP contribution in [0.2, 0.25) is 0 Å². The van der Waals surface area contributed by atoms with Gasteiger partial charge < -0.3 is 10.5 Å². The zero-order valence-electron chi connectivity index (χ0n) is 11.3. The molecule has 0 atom stereocenters. The van der Waals surface area contributed by atoms with E-state index in [0.717, 1.165) is 22.9 Å². The molecular formula is C14H15F2N3O2. The van der Waals surface area contributed by atoms with Crippen LogP contribution in [0.3, 0.4) is 0 Å². The molecule has 7 heteroatoms. The molecule has 112 valence electrons. The summed E-state index contributed by atoms with van der Waals surface area (Å²) in [6, 6.07) is 4.36. The number of hydrogen-bond acceptors (Lipinski definition) is 4. The van der Waals surface area contributed by atoms with Gasteiger partial charge in [-0.25, -0.2) is 13.5 Å². The number of ether oxygens (including phenoxy) is 1. The minimum Gasteiger partial charge on any atom is -0.492 e. The van der Waals surface area contributed by atoms with Gasteiger partial charge in [0, 0.05) is 12.1 Å². The zero-order chi connectivity index (χ0) is 15.2. The van der Waals surface area contributed by atoms with Gasteiger partial charge in [0.25, 0.3) is 5.56 Å². The van der Waals surface area contributed by atoms with Gasteiger partial charge in [-0.15, -0.1) is 0 Å². The minimum atomic E-state index is -0.695. The fourth-order valence-corrected chi connectivity index (χ4v) is 1.76. The average Bonchev–Trinajstić information content (AvgIpc) is 2.41. The van der Waals surface area contributed by atoms with Crippen LogP contribution in [0.25, 0.3) is 0 Å². The summed E-state index contributed by atoms with van der Waals surface area (Å²) in [5, 5.41) is 3.91. The summed E-state index contributed by atoms with van der Waals surface area (Å²) in [6.45, 7) is 0.878. The fraction of sp³-hybridized carbons (Fsp3) is 0.286. The third-order valence-corrected chi connectivity index (χ3v) is 2.72. The molecule has 2 aromatic rings. The zero-order valence-corrected chi connectivity index (χ0v) is 11.3. The SMILES string of the molecule is NCCCOc1cnn(Cc2cc(F)cc(F)c2)c(=O)c1. The van der Waals surface area contributed by atoms with Gasteiger partial charge >= 0.3 is 0 Å². The fourth-order valence-electron chi connectivity index (χ4n) is 1.76. The van der Waals surface area contributed by atoms with Crippen LogP contribution in [-0.2, 0) is 6.54 Å². The summed E-state index contributed by atoms with van der Waals surface area (Å²) in [4.78, 5) is 11.9. The van der Waals surface area contributed by atoms with Crippen LogP contribution in [0.15, 0.2) is 35.3 Å². The van der Waals surface area contributed by atoms with Crippen LogP contribution in [0, 0.1) is 11.6 Å². The molecule has 1 aromatic carbocycles. The van der Waals surface area contributed by atoms with Crippen molar-refractivity contribution in [2.24, 2.45) is 5.73 Å². The molecule has 0 aliphatic rings. The van der Waals surface area contributed by atoms with Crippen molar-refractivity contribution in [1.29, 1.82) is 0 Å². The maximum Gasteiger partial charge on any atom is 0.270 e. The molecule has 21 heavy (non-hydrogen) atoms. The molecule has 0 amide bonds. The van der Waals surface area contributed by atoms with Crippen molar-refractivity contribution in [2.45, 2.75) is 13.0 Å². The topological polar surface area (TPSA) is 70.1 Å². The second-order valence-electron chi connectivity index (χ2n) is 4.46. The van der Waals surface area contributed by atoms with Crippen LogP contribution in [0.5, 0.6) is 5.75 Å². The second kappa shape index (κ2) is 6.94. The standard InChI is InChI=1S/C14H15F2N3O2/c15-11-4-10(5-12(16)6-11)9-19-14(20)7-13(8-18-19)21-3-1-2-17/h4-8H,1-3,9,17H2. The van der Waals surface area contributed by atoms with Crippen molar-refractivity contribution in [3.05, 3.63) is 58.0 Å². The minimum absolute atomic E-state index is 0.0173. The number of hydrogen-bond donors (Lipinski definition) is 1. The van der Waals surface area contributed by atoms with E-state index >= 15 is 0 Å². The van der Waals surface area contributed by atoms with Crippen molar-refractivity contribution in [3.63, 3.8) is 0 Å². The Hall–Kier alpha value is -2.28. The summed E-state index contributed by atoms with van der Waals surface area (Å²) in [5.74, 6) is -1.05. The Kier molecular flexibility index (Phi) is 4.99. The van der Waals surface area contributed by atoms with E-state index in [9.17, 15) is 13.6 Å². The Morgan fingerprint density at radius 1 is 1.19 bits per heavy atom. The third kappa shape index (κ3) is 4.35. The van der Waals surface area contributed by atoms with Gasteiger partial charge in [-0.05, 0) is 30.7 Å². The van der Waals surface area contributed by atoms with Crippen LogP contribution in [-0.4, -0.2) is 22.9 Å². The van der Waals surface area contributed by atoms with Gasteiger partial charge in [0.1, 0.15) is 17.4 Å². The van der Waals surface area contributed by atoms with Crippen molar-refractivity contribution >= 4 is 0 Å². The number of benzene rings is 1. The Morgan fingerprint density at radius 2 is 1.90 bits per heavy atom. The lowest BCUT2D eigenvalue weighted by Crippen LogP contribution is -2.23. The molecule has 0 spiro atoms.